The van der Waals surface area contributed by atoms with Crippen LogP contribution in [0.3, 0.4) is 0 Å². The van der Waals surface area contributed by atoms with E-state index in [-0.39, 0.29) is 22.6 Å². The van der Waals surface area contributed by atoms with E-state index in [4.69, 9.17) is 0 Å². The Balaban J connectivity index is 1.35. The molecule has 3 N–H and O–H groups in total. The molecule has 0 saturated heterocycles. The van der Waals surface area contributed by atoms with Crippen molar-refractivity contribution >= 4 is 44.2 Å². The zero-order chi connectivity index (χ0) is 31.3. The standard InChI is InChI=1S/C32H33N5O5S2/c1-33-32(40)35-30(39)28-26-17-18-37(20-23-11-7-4-8-12-23)21-27(26)43-31(28)34-29(38)24-13-15-25(16-14-24)44(41,42)36(2)19-22-9-5-3-6-10-22/h3-16H,17-21H2,1-2H3,(H,34,38)(H2,33,35,39,40). The molecule has 4 amide bonds. The molecule has 1 aliphatic rings. The van der Waals surface area contributed by atoms with Gasteiger partial charge in [0.15, 0.2) is 0 Å². The summed E-state index contributed by atoms with van der Waals surface area (Å²) in [6, 6.07) is 24.4. The molecule has 1 aromatic heterocycles. The average molecular weight is 632 g/mol. The monoisotopic (exact) mass is 631 g/mol. The first-order valence-corrected chi connectivity index (χ1v) is 16.3. The number of amides is 4. The fourth-order valence-electron chi connectivity index (χ4n) is 5.05. The summed E-state index contributed by atoms with van der Waals surface area (Å²) >= 11 is 1.31. The largest absolute Gasteiger partial charge is 0.341 e. The highest BCUT2D eigenvalue weighted by molar-refractivity contribution is 7.89. The molecule has 10 nitrogen and oxygen atoms in total. The molecule has 12 heteroatoms. The number of nitrogens with zero attached hydrogens (tertiary/aromatic N) is 2. The van der Waals surface area contributed by atoms with Crippen LogP contribution in [0.1, 0.15) is 42.3 Å². The SMILES string of the molecule is CNC(=O)NC(=O)c1c(NC(=O)c2ccc(S(=O)(=O)N(C)Cc3ccccc3)cc2)sc2c1CCN(Cc1ccccc1)C2. The lowest BCUT2D eigenvalue weighted by Crippen LogP contribution is -2.38. The van der Waals surface area contributed by atoms with Crippen LogP contribution in [0.15, 0.2) is 89.8 Å². The Morgan fingerprint density at radius 2 is 1.52 bits per heavy atom. The van der Waals surface area contributed by atoms with Gasteiger partial charge in [-0.15, -0.1) is 11.3 Å². The van der Waals surface area contributed by atoms with Crippen molar-refractivity contribution in [3.63, 3.8) is 0 Å². The minimum Gasteiger partial charge on any atom is -0.341 e. The molecule has 3 aromatic carbocycles. The first-order chi connectivity index (χ1) is 21.2. The Bertz CT molecular complexity index is 1760. The van der Waals surface area contributed by atoms with Crippen LogP contribution in [0.5, 0.6) is 0 Å². The van der Waals surface area contributed by atoms with Crippen LogP contribution in [0.2, 0.25) is 0 Å². The van der Waals surface area contributed by atoms with Gasteiger partial charge < -0.3 is 10.6 Å². The second kappa shape index (κ2) is 13.5. The Labute approximate surface area is 260 Å². The quantitative estimate of drug-likeness (QED) is 0.251. The summed E-state index contributed by atoms with van der Waals surface area (Å²) < 4.78 is 27.5. The minimum atomic E-state index is -3.79. The molecule has 2 heterocycles. The van der Waals surface area contributed by atoms with Gasteiger partial charge in [-0.05, 0) is 47.4 Å². The molecule has 0 aliphatic carbocycles. The van der Waals surface area contributed by atoms with Gasteiger partial charge in [-0.1, -0.05) is 60.7 Å². The van der Waals surface area contributed by atoms with Crippen LogP contribution in [-0.2, 0) is 36.1 Å². The number of fused-ring (bicyclic) bond motifs is 1. The van der Waals surface area contributed by atoms with E-state index in [1.54, 1.807) is 0 Å². The van der Waals surface area contributed by atoms with Gasteiger partial charge in [0, 0.05) is 50.7 Å². The maximum atomic E-state index is 13.3. The number of carbonyl (C=O) groups is 3. The molecule has 0 spiro atoms. The number of sulfonamides is 1. The molecule has 0 radical (unpaired) electrons. The molecule has 0 unspecified atom stereocenters. The number of rotatable bonds is 9. The van der Waals surface area contributed by atoms with Crippen LogP contribution in [0.25, 0.3) is 0 Å². The molecule has 228 valence electrons. The number of urea groups is 1. The normalized spacial score (nSPS) is 13.2. The van der Waals surface area contributed by atoms with Gasteiger partial charge in [-0.2, -0.15) is 4.31 Å². The lowest BCUT2D eigenvalue weighted by Gasteiger charge is -2.27. The van der Waals surface area contributed by atoms with Gasteiger partial charge >= 0.3 is 6.03 Å². The molecular formula is C32H33N5O5S2. The number of hydrogen-bond donors (Lipinski definition) is 3. The fourth-order valence-corrected chi connectivity index (χ4v) is 7.49. The van der Waals surface area contributed by atoms with E-state index in [1.165, 1.54) is 59.6 Å². The summed E-state index contributed by atoms with van der Waals surface area (Å²) in [5, 5.41) is 7.88. The van der Waals surface area contributed by atoms with E-state index in [2.05, 4.69) is 33.0 Å². The van der Waals surface area contributed by atoms with Crippen LogP contribution in [0.4, 0.5) is 9.80 Å². The average Bonchev–Trinajstić information content (AvgIpc) is 3.39. The van der Waals surface area contributed by atoms with E-state index < -0.39 is 27.9 Å². The number of carbonyl (C=O) groups excluding carboxylic acids is 3. The second-order valence-electron chi connectivity index (χ2n) is 10.4. The third-order valence-electron chi connectivity index (χ3n) is 7.37. The molecule has 0 saturated carbocycles. The molecule has 0 bridgehead atoms. The number of hydrogen-bond acceptors (Lipinski definition) is 7. The van der Waals surface area contributed by atoms with Crippen molar-refractivity contribution in [1.82, 2.24) is 19.8 Å². The molecule has 44 heavy (non-hydrogen) atoms. The van der Waals surface area contributed by atoms with E-state index in [1.807, 2.05) is 48.5 Å². The van der Waals surface area contributed by atoms with Gasteiger partial charge in [0.05, 0.1) is 10.5 Å². The van der Waals surface area contributed by atoms with Crippen LogP contribution in [-0.4, -0.2) is 56.1 Å². The zero-order valence-electron chi connectivity index (χ0n) is 24.4. The van der Waals surface area contributed by atoms with Crippen molar-refractivity contribution in [2.45, 2.75) is 31.0 Å². The van der Waals surface area contributed by atoms with Crippen molar-refractivity contribution in [3.8, 4) is 0 Å². The van der Waals surface area contributed by atoms with Gasteiger partial charge in [0.25, 0.3) is 11.8 Å². The van der Waals surface area contributed by atoms with Crippen molar-refractivity contribution in [1.29, 1.82) is 0 Å². The Kier molecular flexibility index (Phi) is 9.55. The Morgan fingerprint density at radius 3 is 2.16 bits per heavy atom. The molecule has 4 aromatic rings. The zero-order valence-corrected chi connectivity index (χ0v) is 26.0. The summed E-state index contributed by atoms with van der Waals surface area (Å²) in [4.78, 5) is 41.8. The first-order valence-electron chi connectivity index (χ1n) is 14.0. The van der Waals surface area contributed by atoms with E-state index >= 15 is 0 Å². The molecule has 0 atom stereocenters. The molecule has 0 fully saturated rings. The first kappa shape index (κ1) is 31.1. The maximum Gasteiger partial charge on any atom is 0.321 e. The number of imide groups is 1. The molecule has 1 aliphatic heterocycles. The lowest BCUT2D eigenvalue weighted by molar-refractivity contribution is 0.0964. The third-order valence-corrected chi connectivity index (χ3v) is 10.3. The van der Waals surface area contributed by atoms with Crippen molar-refractivity contribution in [2.75, 3.05) is 26.0 Å². The van der Waals surface area contributed by atoms with Crippen molar-refractivity contribution in [2.24, 2.45) is 0 Å². The van der Waals surface area contributed by atoms with Gasteiger partial charge in [-0.3, -0.25) is 19.8 Å². The molecular weight excluding hydrogens is 599 g/mol. The summed E-state index contributed by atoms with van der Waals surface area (Å²) in [5.41, 5.74) is 3.33. The number of nitrogens with one attached hydrogen (secondary N) is 3. The summed E-state index contributed by atoms with van der Waals surface area (Å²) in [6.07, 6.45) is 0.577. The van der Waals surface area contributed by atoms with Crippen LogP contribution < -0.4 is 16.0 Å². The smallest absolute Gasteiger partial charge is 0.321 e. The number of thiophene rings is 1. The predicted octanol–water partition coefficient (Wildman–Crippen LogP) is 4.45. The minimum absolute atomic E-state index is 0.0585. The van der Waals surface area contributed by atoms with Gasteiger partial charge in [-0.25, -0.2) is 13.2 Å². The third kappa shape index (κ3) is 7.05. The van der Waals surface area contributed by atoms with Gasteiger partial charge in [0.2, 0.25) is 10.0 Å². The van der Waals surface area contributed by atoms with Gasteiger partial charge in [0.1, 0.15) is 5.00 Å². The maximum absolute atomic E-state index is 13.3. The molecule has 5 rings (SSSR count). The topological polar surface area (TPSA) is 128 Å². The Morgan fingerprint density at radius 1 is 0.886 bits per heavy atom. The van der Waals surface area contributed by atoms with E-state index in [9.17, 15) is 22.8 Å². The lowest BCUT2D eigenvalue weighted by atomic mass is 10.0. The summed E-state index contributed by atoms with van der Waals surface area (Å²) in [6.45, 7) is 2.25. The van der Waals surface area contributed by atoms with Crippen molar-refractivity contribution < 1.29 is 22.8 Å². The van der Waals surface area contributed by atoms with E-state index in [0.717, 1.165) is 22.5 Å². The summed E-state index contributed by atoms with van der Waals surface area (Å²) in [7, 11) is -0.869. The highest BCUT2D eigenvalue weighted by Gasteiger charge is 2.30. The highest BCUT2D eigenvalue weighted by Crippen LogP contribution is 2.38. The predicted molar refractivity (Wildman–Crippen MR) is 170 cm³/mol. The van der Waals surface area contributed by atoms with Crippen molar-refractivity contribution in [3.05, 3.63) is 118 Å². The van der Waals surface area contributed by atoms with Crippen LogP contribution >= 0.6 is 11.3 Å². The number of anilines is 1. The second-order valence-corrected chi connectivity index (χ2v) is 13.6. The highest BCUT2D eigenvalue weighted by atomic mass is 32.2. The summed E-state index contributed by atoms with van der Waals surface area (Å²) in [5.74, 6) is -1.10. The Hall–Kier alpha value is -4.36. The fraction of sp³-hybridized carbons (Fsp3) is 0.219. The number of benzene rings is 3. The van der Waals surface area contributed by atoms with E-state index in [0.29, 0.717) is 24.5 Å². The van der Waals surface area contributed by atoms with Crippen LogP contribution in [0, 0.1) is 0 Å².